The monoisotopic (exact) mass is 266 g/mol. The van der Waals surface area contributed by atoms with Crippen LogP contribution in [0.15, 0.2) is 59.3 Å². The lowest BCUT2D eigenvalue weighted by Gasteiger charge is -2.22. The Labute approximate surface area is 121 Å². The van der Waals surface area contributed by atoms with Crippen molar-refractivity contribution >= 4 is 0 Å². The average molecular weight is 266 g/mol. The maximum absolute atomic E-state index is 9.41. The van der Waals surface area contributed by atoms with Crippen LogP contribution in [0.1, 0.15) is 37.8 Å². The normalized spacial score (nSPS) is 14.2. The fourth-order valence-corrected chi connectivity index (χ4v) is 2.37. The van der Waals surface area contributed by atoms with E-state index in [1.807, 2.05) is 45.9 Å². The van der Waals surface area contributed by atoms with Crippen molar-refractivity contribution in [3.63, 3.8) is 0 Å². The molecular formula is C18H22N2. The predicted molar refractivity (Wildman–Crippen MR) is 85.0 cm³/mol. The van der Waals surface area contributed by atoms with Crippen LogP contribution < -0.4 is 5.73 Å². The van der Waals surface area contributed by atoms with Gasteiger partial charge in [0.15, 0.2) is 0 Å². The summed E-state index contributed by atoms with van der Waals surface area (Å²) in [6, 6.07) is 10.5. The van der Waals surface area contributed by atoms with E-state index < -0.39 is 0 Å². The maximum Gasteiger partial charge on any atom is 0.0953 e. The molecule has 0 aromatic heterocycles. The summed E-state index contributed by atoms with van der Waals surface area (Å²) < 4.78 is 0. The second-order valence-corrected chi connectivity index (χ2v) is 5.08. The molecule has 1 aromatic rings. The van der Waals surface area contributed by atoms with Crippen LogP contribution >= 0.6 is 0 Å². The third-order valence-electron chi connectivity index (χ3n) is 3.34. The van der Waals surface area contributed by atoms with Gasteiger partial charge in [-0.2, -0.15) is 5.26 Å². The molecule has 1 rings (SSSR count). The molecule has 0 heterocycles. The minimum absolute atomic E-state index is 0.145. The lowest BCUT2D eigenvalue weighted by Crippen LogP contribution is -2.11. The summed E-state index contributed by atoms with van der Waals surface area (Å²) in [6.45, 7) is 11.7. The smallest absolute Gasteiger partial charge is 0.0953 e. The van der Waals surface area contributed by atoms with E-state index in [9.17, 15) is 5.26 Å². The molecular weight excluding hydrogens is 244 g/mol. The number of benzene rings is 1. The van der Waals surface area contributed by atoms with Gasteiger partial charge in [-0.05, 0) is 38.8 Å². The number of hydrogen-bond acceptors (Lipinski definition) is 2. The van der Waals surface area contributed by atoms with E-state index in [0.717, 1.165) is 16.7 Å². The second kappa shape index (κ2) is 6.77. The Balaban J connectivity index is 3.52. The molecule has 2 heteroatoms. The minimum Gasteiger partial charge on any atom is -0.402 e. The maximum atomic E-state index is 9.41. The van der Waals surface area contributed by atoms with E-state index in [-0.39, 0.29) is 5.92 Å². The Morgan fingerprint density at radius 2 is 1.85 bits per heavy atom. The van der Waals surface area contributed by atoms with Crippen LogP contribution in [-0.4, -0.2) is 0 Å². The molecule has 0 aliphatic heterocycles. The zero-order valence-corrected chi connectivity index (χ0v) is 12.7. The Morgan fingerprint density at radius 3 is 2.20 bits per heavy atom. The average Bonchev–Trinajstić information content (AvgIpc) is 2.39. The number of aryl methyl sites for hydroxylation is 1. The molecule has 0 radical (unpaired) electrons. The number of rotatable bonds is 4. The lowest BCUT2D eigenvalue weighted by atomic mass is 9.81. The molecule has 1 aromatic carbocycles. The molecule has 0 bridgehead atoms. The quantitative estimate of drug-likeness (QED) is 0.650. The Kier molecular flexibility index (Phi) is 5.34. The Hall–Kier alpha value is -2.27. The summed E-state index contributed by atoms with van der Waals surface area (Å²) in [5.41, 5.74) is 11.5. The van der Waals surface area contributed by atoms with Gasteiger partial charge in [0.2, 0.25) is 0 Å². The highest BCUT2D eigenvalue weighted by Crippen LogP contribution is 2.36. The summed E-state index contributed by atoms with van der Waals surface area (Å²) in [7, 11) is 0. The van der Waals surface area contributed by atoms with Crippen molar-refractivity contribution in [3.8, 4) is 6.07 Å². The molecule has 0 aliphatic rings. The summed E-state index contributed by atoms with van der Waals surface area (Å²) in [5.74, 6) is -0.145. The molecule has 0 aliphatic carbocycles. The molecule has 0 spiro atoms. The van der Waals surface area contributed by atoms with Gasteiger partial charge >= 0.3 is 0 Å². The van der Waals surface area contributed by atoms with Crippen LogP contribution in [-0.2, 0) is 0 Å². The van der Waals surface area contributed by atoms with E-state index in [0.29, 0.717) is 11.3 Å². The molecule has 1 unspecified atom stereocenters. The zero-order chi connectivity index (χ0) is 15.3. The molecule has 0 fully saturated rings. The first-order valence-electron chi connectivity index (χ1n) is 6.67. The Bertz CT molecular complexity index is 591. The van der Waals surface area contributed by atoms with E-state index in [1.165, 1.54) is 5.56 Å². The van der Waals surface area contributed by atoms with Gasteiger partial charge in [-0.15, -0.1) is 0 Å². The van der Waals surface area contributed by atoms with E-state index in [2.05, 4.69) is 24.8 Å². The highest BCUT2D eigenvalue weighted by Gasteiger charge is 2.23. The number of allylic oxidation sites excluding steroid dienone is 5. The second-order valence-electron chi connectivity index (χ2n) is 5.08. The van der Waals surface area contributed by atoms with Gasteiger partial charge in [0.1, 0.15) is 0 Å². The van der Waals surface area contributed by atoms with Crippen molar-refractivity contribution < 1.29 is 0 Å². The van der Waals surface area contributed by atoms with Gasteiger partial charge in [-0.25, -0.2) is 0 Å². The number of hydrogen-bond donors (Lipinski definition) is 1. The summed E-state index contributed by atoms with van der Waals surface area (Å²) in [4.78, 5) is 0. The van der Waals surface area contributed by atoms with Crippen molar-refractivity contribution in [1.82, 2.24) is 0 Å². The van der Waals surface area contributed by atoms with Crippen molar-refractivity contribution in [2.45, 2.75) is 33.6 Å². The molecule has 1 atom stereocenters. The molecule has 2 nitrogen and oxygen atoms in total. The SMILES string of the molecule is C=C(C)/C(=C(\C)N)C(/C(C#N)=C/C)c1ccc(C)cc1. The number of nitriles is 1. The zero-order valence-electron chi connectivity index (χ0n) is 12.7. The van der Waals surface area contributed by atoms with E-state index >= 15 is 0 Å². The fraction of sp³-hybridized carbons (Fsp3) is 0.278. The Morgan fingerprint density at radius 1 is 1.30 bits per heavy atom. The van der Waals surface area contributed by atoms with Crippen molar-refractivity contribution in [2.75, 3.05) is 0 Å². The van der Waals surface area contributed by atoms with Crippen LogP contribution in [0.2, 0.25) is 0 Å². The third-order valence-corrected chi connectivity index (χ3v) is 3.34. The van der Waals surface area contributed by atoms with Gasteiger partial charge in [-0.1, -0.05) is 48.1 Å². The highest BCUT2D eigenvalue weighted by molar-refractivity contribution is 5.51. The van der Waals surface area contributed by atoms with E-state index in [4.69, 9.17) is 5.73 Å². The minimum atomic E-state index is -0.145. The first-order chi connectivity index (χ1) is 9.42. The molecule has 20 heavy (non-hydrogen) atoms. The lowest BCUT2D eigenvalue weighted by molar-refractivity contribution is 0.927. The number of nitrogens with zero attached hydrogens (tertiary/aromatic N) is 1. The first kappa shape index (κ1) is 15.8. The largest absolute Gasteiger partial charge is 0.402 e. The van der Waals surface area contributed by atoms with Crippen molar-refractivity contribution in [2.24, 2.45) is 5.73 Å². The van der Waals surface area contributed by atoms with Crippen molar-refractivity contribution in [1.29, 1.82) is 5.26 Å². The van der Waals surface area contributed by atoms with Gasteiger partial charge in [0, 0.05) is 17.2 Å². The summed E-state index contributed by atoms with van der Waals surface area (Å²) in [5, 5.41) is 9.41. The standard InChI is InChI=1S/C18H22N2/c1-6-15(11-19)18(17(12(2)3)14(5)20)16-9-7-13(4)8-10-16/h6-10,18H,2,20H2,1,3-5H3/b15-6+,17-14-. The number of nitrogens with two attached hydrogens (primary N) is 1. The predicted octanol–water partition coefficient (Wildman–Crippen LogP) is 4.36. The summed E-state index contributed by atoms with van der Waals surface area (Å²) >= 11 is 0. The van der Waals surface area contributed by atoms with Crippen LogP contribution in [0.3, 0.4) is 0 Å². The van der Waals surface area contributed by atoms with Gasteiger partial charge in [0.25, 0.3) is 0 Å². The molecule has 104 valence electrons. The van der Waals surface area contributed by atoms with Crippen LogP contribution in [0.4, 0.5) is 0 Å². The van der Waals surface area contributed by atoms with Gasteiger partial charge < -0.3 is 5.73 Å². The van der Waals surface area contributed by atoms with Gasteiger partial charge in [-0.3, -0.25) is 0 Å². The van der Waals surface area contributed by atoms with Gasteiger partial charge in [0.05, 0.1) is 6.07 Å². The van der Waals surface area contributed by atoms with Crippen LogP contribution in [0.25, 0.3) is 0 Å². The van der Waals surface area contributed by atoms with E-state index in [1.54, 1.807) is 0 Å². The molecule has 0 saturated heterocycles. The molecule has 0 saturated carbocycles. The highest BCUT2D eigenvalue weighted by atomic mass is 14.6. The topological polar surface area (TPSA) is 49.8 Å². The first-order valence-corrected chi connectivity index (χ1v) is 6.67. The molecule has 2 N–H and O–H groups in total. The summed E-state index contributed by atoms with van der Waals surface area (Å²) in [6.07, 6.45) is 1.84. The van der Waals surface area contributed by atoms with Crippen LogP contribution in [0.5, 0.6) is 0 Å². The van der Waals surface area contributed by atoms with Crippen LogP contribution in [0, 0.1) is 18.3 Å². The van der Waals surface area contributed by atoms with Crippen molar-refractivity contribution in [3.05, 3.63) is 70.5 Å². The third kappa shape index (κ3) is 3.39. The molecule has 0 amide bonds. The fourth-order valence-electron chi connectivity index (χ4n) is 2.37.